The van der Waals surface area contributed by atoms with E-state index in [2.05, 4.69) is 42.6 Å². The number of hydrogen-bond acceptors (Lipinski definition) is 3. The Bertz CT molecular complexity index is 607. The monoisotopic (exact) mass is 275 g/mol. The van der Waals surface area contributed by atoms with Gasteiger partial charge < -0.3 is 5.32 Å². The third kappa shape index (κ3) is 2.08. The number of nitrogens with one attached hydrogen (secondary N) is 1. The first-order valence-corrected chi connectivity index (χ1v) is 7.26. The summed E-state index contributed by atoms with van der Waals surface area (Å²) in [6.07, 6.45) is 2.40. The van der Waals surface area contributed by atoms with Crippen molar-refractivity contribution in [2.45, 2.75) is 38.6 Å². The molecule has 2 aromatic heterocycles. The van der Waals surface area contributed by atoms with E-state index in [0.29, 0.717) is 6.42 Å². The first kappa shape index (κ1) is 12.4. The van der Waals surface area contributed by atoms with E-state index >= 15 is 0 Å². The van der Waals surface area contributed by atoms with Crippen molar-refractivity contribution in [3.63, 3.8) is 0 Å². The molecule has 2 aromatic rings. The molecule has 5 heteroatoms. The third-order valence-electron chi connectivity index (χ3n) is 3.34. The smallest absolute Gasteiger partial charge is 0.226 e. The Kier molecular flexibility index (Phi) is 2.74. The predicted octanol–water partition coefficient (Wildman–Crippen LogP) is 3.17. The second kappa shape index (κ2) is 4.20. The van der Waals surface area contributed by atoms with E-state index in [9.17, 15) is 4.79 Å². The average molecular weight is 275 g/mol. The van der Waals surface area contributed by atoms with Crippen molar-refractivity contribution >= 4 is 23.1 Å². The molecule has 0 spiro atoms. The summed E-state index contributed by atoms with van der Waals surface area (Å²) in [5.74, 6) is 1.05. The molecule has 0 aliphatic carbocycles. The van der Waals surface area contributed by atoms with Crippen molar-refractivity contribution in [2.24, 2.45) is 0 Å². The van der Waals surface area contributed by atoms with Crippen molar-refractivity contribution < 1.29 is 4.79 Å². The number of thiophene rings is 1. The maximum Gasteiger partial charge on any atom is 0.226 e. The van der Waals surface area contributed by atoms with E-state index < -0.39 is 0 Å². The molecule has 19 heavy (non-hydrogen) atoms. The summed E-state index contributed by atoms with van der Waals surface area (Å²) >= 11 is 1.69. The molecule has 100 valence electrons. The lowest BCUT2D eigenvalue weighted by Crippen LogP contribution is -2.30. The Morgan fingerprint density at radius 2 is 2.26 bits per heavy atom. The lowest BCUT2D eigenvalue weighted by molar-refractivity contribution is -0.116. The fourth-order valence-corrected chi connectivity index (χ4v) is 3.32. The van der Waals surface area contributed by atoms with Crippen LogP contribution >= 0.6 is 11.3 Å². The second-order valence-corrected chi connectivity index (χ2v) is 6.83. The van der Waals surface area contributed by atoms with Crippen molar-refractivity contribution in [2.75, 3.05) is 5.32 Å². The number of carbonyl (C=O) groups is 1. The zero-order valence-electron chi connectivity index (χ0n) is 11.3. The van der Waals surface area contributed by atoms with Crippen molar-refractivity contribution in [1.82, 2.24) is 9.78 Å². The summed E-state index contributed by atoms with van der Waals surface area (Å²) in [6, 6.07) is 4.12. The van der Waals surface area contributed by atoms with Crippen LogP contribution < -0.4 is 5.32 Å². The van der Waals surface area contributed by atoms with Gasteiger partial charge in [0.2, 0.25) is 5.91 Å². The summed E-state index contributed by atoms with van der Waals surface area (Å²) in [5, 5.41) is 9.49. The minimum absolute atomic E-state index is 0.0666. The maximum absolute atomic E-state index is 12.0. The first-order chi connectivity index (χ1) is 8.97. The van der Waals surface area contributed by atoms with Gasteiger partial charge in [-0.3, -0.25) is 4.79 Å². The first-order valence-electron chi connectivity index (χ1n) is 6.38. The summed E-state index contributed by atoms with van der Waals surface area (Å²) in [4.78, 5) is 13.2. The maximum atomic E-state index is 12.0. The zero-order chi connectivity index (χ0) is 13.6. The summed E-state index contributed by atoms with van der Waals surface area (Å²) < 4.78 is 1.90. The number of fused-ring (bicyclic) bond motifs is 1. The molecule has 1 aliphatic rings. The molecule has 0 radical (unpaired) electrons. The molecule has 1 N–H and O–H groups in total. The molecule has 0 saturated heterocycles. The van der Waals surface area contributed by atoms with Gasteiger partial charge in [0.25, 0.3) is 0 Å². The van der Waals surface area contributed by atoms with Gasteiger partial charge in [0, 0.05) is 22.8 Å². The van der Waals surface area contributed by atoms with Crippen molar-refractivity contribution in [3.05, 3.63) is 34.2 Å². The SMILES string of the molecule is CC(C)(C)n1ncc2c1NC(=O)C[C@H]2c1cccs1. The molecular formula is C14H17N3OS. The van der Waals surface area contributed by atoms with E-state index in [1.807, 2.05) is 16.9 Å². The van der Waals surface area contributed by atoms with Crippen LogP contribution in [0.25, 0.3) is 0 Å². The molecule has 4 nitrogen and oxygen atoms in total. The quantitative estimate of drug-likeness (QED) is 0.869. The standard InChI is InChI=1S/C14H17N3OS/c1-14(2,3)17-13-10(8-15-17)9(7-12(18)16-13)11-5-4-6-19-11/h4-6,8-9H,7H2,1-3H3,(H,16,18)/t9-/m1/s1. The van der Waals surface area contributed by atoms with Crippen molar-refractivity contribution in [1.29, 1.82) is 0 Å². The van der Waals surface area contributed by atoms with Gasteiger partial charge in [-0.25, -0.2) is 4.68 Å². The normalized spacial score (nSPS) is 19.1. The Morgan fingerprint density at radius 3 is 2.89 bits per heavy atom. The van der Waals surface area contributed by atoms with E-state index in [1.165, 1.54) is 4.88 Å². The highest BCUT2D eigenvalue weighted by molar-refractivity contribution is 7.10. The molecule has 0 saturated carbocycles. The Morgan fingerprint density at radius 1 is 1.47 bits per heavy atom. The van der Waals surface area contributed by atoms with Crippen molar-refractivity contribution in [3.8, 4) is 0 Å². The van der Waals surface area contributed by atoms with Crippen LogP contribution in [0.2, 0.25) is 0 Å². The summed E-state index contributed by atoms with van der Waals surface area (Å²) in [5.41, 5.74) is 0.982. The highest BCUT2D eigenvalue weighted by Crippen LogP contribution is 2.40. The molecule has 3 rings (SSSR count). The Labute approximate surface area is 116 Å². The van der Waals surface area contributed by atoms with Crippen LogP contribution in [0, 0.1) is 0 Å². The predicted molar refractivity (Wildman–Crippen MR) is 76.6 cm³/mol. The number of nitrogens with zero attached hydrogens (tertiary/aromatic N) is 2. The molecule has 1 atom stereocenters. The number of aromatic nitrogens is 2. The summed E-state index contributed by atoms with van der Waals surface area (Å²) in [7, 11) is 0. The van der Waals surface area contributed by atoms with Crippen LogP contribution in [-0.2, 0) is 10.3 Å². The number of amides is 1. The van der Waals surface area contributed by atoms with Crippen LogP contribution in [0.1, 0.15) is 43.6 Å². The Balaban J connectivity index is 2.11. The lowest BCUT2D eigenvalue weighted by atomic mass is 9.92. The molecular weight excluding hydrogens is 258 g/mol. The van der Waals surface area contributed by atoms with Gasteiger partial charge in [0.1, 0.15) is 5.82 Å². The topological polar surface area (TPSA) is 46.9 Å². The van der Waals surface area contributed by atoms with Gasteiger partial charge >= 0.3 is 0 Å². The van der Waals surface area contributed by atoms with Gasteiger partial charge in [-0.1, -0.05) is 6.07 Å². The van der Waals surface area contributed by atoms with Gasteiger partial charge in [-0.05, 0) is 32.2 Å². The lowest BCUT2D eigenvalue weighted by Gasteiger charge is -2.27. The number of hydrogen-bond donors (Lipinski definition) is 1. The molecule has 1 aliphatic heterocycles. The van der Waals surface area contributed by atoms with Crippen LogP contribution in [0.3, 0.4) is 0 Å². The van der Waals surface area contributed by atoms with Crippen LogP contribution in [-0.4, -0.2) is 15.7 Å². The third-order valence-corrected chi connectivity index (χ3v) is 4.33. The highest BCUT2D eigenvalue weighted by Gasteiger charge is 2.32. The zero-order valence-corrected chi connectivity index (χ0v) is 12.1. The van der Waals surface area contributed by atoms with E-state index in [0.717, 1.165) is 11.4 Å². The molecule has 0 fully saturated rings. The van der Waals surface area contributed by atoms with Crippen LogP contribution in [0.5, 0.6) is 0 Å². The van der Waals surface area contributed by atoms with Gasteiger partial charge in [0.15, 0.2) is 0 Å². The molecule has 0 aromatic carbocycles. The fourth-order valence-electron chi connectivity index (χ4n) is 2.47. The highest BCUT2D eigenvalue weighted by atomic mass is 32.1. The van der Waals surface area contributed by atoms with E-state index in [-0.39, 0.29) is 17.4 Å². The molecule has 0 unspecified atom stereocenters. The second-order valence-electron chi connectivity index (χ2n) is 5.85. The van der Waals surface area contributed by atoms with Gasteiger partial charge in [0.05, 0.1) is 11.7 Å². The fraction of sp³-hybridized carbons (Fsp3) is 0.429. The van der Waals surface area contributed by atoms with Crippen LogP contribution in [0.15, 0.2) is 23.7 Å². The summed E-state index contributed by atoms with van der Waals surface area (Å²) in [6.45, 7) is 6.25. The van der Waals surface area contributed by atoms with E-state index in [1.54, 1.807) is 11.3 Å². The molecule has 0 bridgehead atoms. The Hall–Kier alpha value is -1.62. The number of anilines is 1. The number of rotatable bonds is 1. The van der Waals surface area contributed by atoms with E-state index in [4.69, 9.17) is 0 Å². The minimum Gasteiger partial charge on any atom is -0.311 e. The van der Waals surface area contributed by atoms with Crippen LogP contribution in [0.4, 0.5) is 5.82 Å². The molecule has 1 amide bonds. The molecule has 3 heterocycles. The largest absolute Gasteiger partial charge is 0.311 e. The minimum atomic E-state index is -0.141. The number of carbonyl (C=O) groups excluding carboxylic acids is 1. The van der Waals surface area contributed by atoms with Gasteiger partial charge in [-0.15, -0.1) is 11.3 Å². The average Bonchev–Trinajstić information content (AvgIpc) is 2.95. The van der Waals surface area contributed by atoms with Gasteiger partial charge in [-0.2, -0.15) is 5.10 Å².